The number of hydrogen-bond donors (Lipinski definition) is 1. The molecule has 0 spiro atoms. The van der Waals surface area contributed by atoms with E-state index < -0.39 is 0 Å². The van der Waals surface area contributed by atoms with E-state index in [1.807, 2.05) is 11.3 Å². The van der Waals surface area contributed by atoms with Crippen molar-refractivity contribution in [2.24, 2.45) is 23.7 Å². The molecule has 0 aromatic carbocycles. The molecule has 2 heteroatoms. The van der Waals surface area contributed by atoms with Gasteiger partial charge in [-0.05, 0) is 73.6 Å². The SMILES string of the molecule is CCCC(NC1C2CC3CC(C2)CC1C3)c1cccs1. The largest absolute Gasteiger partial charge is 0.306 e. The van der Waals surface area contributed by atoms with Crippen LogP contribution in [0.1, 0.15) is 62.8 Å². The first kappa shape index (κ1) is 13.3. The summed E-state index contributed by atoms with van der Waals surface area (Å²) in [5.74, 6) is 4.15. The Hall–Kier alpha value is -0.340. The van der Waals surface area contributed by atoms with Crippen molar-refractivity contribution in [1.29, 1.82) is 0 Å². The number of thiophene rings is 1. The molecule has 1 unspecified atom stereocenters. The average Bonchev–Trinajstić information content (AvgIpc) is 2.95. The summed E-state index contributed by atoms with van der Waals surface area (Å²) in [6.45, 7) is 2.32. The lowest BCUT2D eigenvalue weighted by Gasteiger charge is -2.55. The van der Waals surface area contributed by atoms with Gasteiger partial charge in [0.2, 0.25) is 0 Å². The third-order valence-corrected chi connectivity index (χ3v) is 7.07. The second-order valence-electron chi connectivity index (χ2n) is 7.48. The minimum atomic E-state index is 0.613. The highest BCUT2D eigenvalue weighted by Crippen LogP contribution is 2.54. The summed E-state index contributed by atoms with van der Waals surface area (Å²) < 4.78 is 0. The minimum Gasteiger partial charge on any atom is -0.306 e. The molecular formula is C18H27NS. The molecule has 0 aliphatic heterocycles. The second kappa shape index (κ2) is 5.46. The van der Waals surface area contributed by atoms with Crippen LogP contribution in [0.2, 0.25) is 0 Å². The molecule has 110 valence electrons. The number of nitrogens with one attached hydrogen (secondary N) is 1. The normalized spacial score (nSPS) is 40.1. The average molecular weight is 289 g/mol. The first-order chi connectivity index (χ1) is 9.83. The zero-order valence-corrected chi connectivity index (χ0v) is 13.4. The fraction of sp³-hybridized carbons (Fsp3) is 0.778. The number of rotatable bonds is 5. The van der Waals surface area contributed by atoms with Gasteiger partial charge >= 0.3 is 0 Å². The molecule has 1 aromatic rings. The van der Waals surface area contributed by atoms with E-state index in [0.717, 1.165) is 29.7 Å². The Kier molecular flexibility index (Phi) is 3.64. The molecule has 0 saturated heterocycles. The fourth-order valence-corrected chi connectivity index (χ4v) is 6.34. The summed E-state index contributed by atoms with van der Waals surface area (Å²) in [4.78, 5) is 1.56. The van der Waals surface area contributed by atoms with Crippen molar-refractivity contribution in [3.05, 3.63) is 22.4 Å². The molecule has 1 heterocycles. The Labute approximate surface area is 127 Å². The van der Waals surface area contributed by atoms with E-state index in [9.17, 15) is 0 Å². The quantitative estimate of drug-likeness (QED) is 0.804. The summed E-state index contributed by atoms with van der Waals surface area (Å²) in [5.41, 5.74) is 0. The Bertz CT molecular complexity index is 410. The maximum Gasteiger partial charge on any atom is 0.0416 e. The highest BCUT2D eigenvalue weighted by Gasteiger charge is 2.48. The Morgan fingerprint density at radius 1 is 1.15 bits per heavy atom. The van der Waals surface area contributed by atoms with Gasteiger partial charge in [-0.3, -0.25) is 0 Å². The van der Waals surface area contributed by atoms with Gasteiger partial charge in [0, 0.05) is 17.0 Å². The molecule has 1 atom stereocenters. The summed E-state index contributed by atoms with van der Waals surface area (Å²) in [5, 5.41) is 6.35. The van der Waals surface area contributed by atoms with Crippen molar-refractivity contribution >= 4 is 11.3 Å². The topological polar surface area (TPSA) is 12.0 Å². The van der Waals surface area contributed by atoms with Gasteiger partial charge in [0.25, 0.3) is 0 Å². The second-order valence-corrected chi connectivity index (χ2v) is 8.46. The standard InChI is InChI=1S/C18H27NS/c1-2-4-16(17-5-3-6-20-17)19-18-14-8-12-7-13(10-14)11-15(18)9-12/h3,5-6,12-16,18-19H,2,4,7-11H2,1H3. The van der Waals surface area contributed by atoms with Crippen molar-refractivity contribution < 1.29 is 0 Å². The van der Waals surface area contributed by atoms with Crippen LogP contribution < -0.4 is 5.32 Å². The van der Waals surface area contributed by atoms with Gasteiger partial charge in [-0.25, -0.2) is 0 Å². The molecule has 4 saturated carbocycles. The van der Waals surface area contributed by atoms with Crippen LogP contribution >= 0.6 is 11.3 Å². The van der Waals surface area contributed by atoms with Crippen LogP contribution in [0.5, 0.6) is 0 Å². The van der Waals surface area contributed by atoms with Gasteiger partial charge in [-0.15, -0.1) is 11.3 Å². The molecule has 1 aromatic heterocycles. The van der Waals surface area contributed by atoms with Crippen molar-refractivity contribution in [3.8, 4) is 0 Å². The van der Waals surface area contributed by atoms with Gasteiger partial charge in [0.05, 0.1) is 0 Å². The van der Waals surface area contributed by atoms with E-state index in [1.54, 1.807) is 11.3 Å². The molecule has 4 fully saturated rings. The third-order valence-electron chi connectivity index (χ3n) is 6.08. The lowest BCUT2D eigenvalue weighted by atomic mass is 9.54. The van der Waals surface area contributed by atoms with E-state index in [4.69, 9.17) is 0 Å². The van der Waals surface area contributed by atoms with Gasteiger partial charge < -0.3 is 5.32 Å². The van der Waals surface area contributed by atoms with E-state index >= 15 is 0 Å². The van der Waals surface area contributed by atoms with Crippen molar-refractivity contribution in [2.45, 2.75) is 64.0 Å². The Balaban J connectivity index is 1.49. The summed E-state index contributed by atoms with van der Waals surface area (Å²) in [7, 11) is 0. The monoisotopic (exact) mass is 289 g/mol. The molecule has 1 nitrogen and oxygen atoms in total. The van der Waals surface area contributed by atoms with Crippen LogP contribution in [0.25, 0.3) is 0 Å². The summed E-state index contributed by atoms with van der Waals surface area (Å²) >= 11 is 1.93. The Morgan fingerprint density at radius 2 is 1.85 bits per heavy atom. The zero-order chi connectivity index (χ0) is 13.5. The molecule has 0 amide bonds. The fourth-order valence-electron chi connectivity index (χ4n) is 5.52. The predicted octanol–water partition coefficient (Wildman–Crippen LogP) is 5.00. The molecule has 5 rings (SSSR count). The summed E-state index contributed by atoms with van der Waals surface area (Å²) in [6, 6.07) is 5.97. The van der Waals surface area contributed by atoms with Crippen molar-refractivity contribution in [2.75, 3.05) is 0 Å². The lowest BCUT2D eigenvalue weighted by Crippen LogP contribution is -2.55. The molecule has 4 aliphatic carbocycles. The Morgan fingerprint density at radius 3 is 2.40 bits per heavy atom. The van der Waals surface area contributed by atoms with Gasteiger partial charge in [-0.2, -0.15) is 0 Å². The third kappa shape index (κ3) is 2.35. The molecular weight excluding hydrogens is 262 g/mol. The molecule has 0 radical (unpaired) electrons. The van der Waals surface area contributed by atoms with E-state index in [2.05, 4.69) is 29.8 Å². The van der Waals surface area contributed by atoms with Crippen molar-refractivity contribution in [1.82, 2.24) is 5.32 Å². The van der Waals surface area contributed by atoms with Crippen LogP contribution in [-0.4, -0.2) is 6.04 Å². The first-order valence-corrected chi connectivity index (χ1v) is 9.51. The predicted molar refractivity (Wildman–Crippen MR) is 85.9 cm³/mol. The van der Waals surface area contributed by atoms with Gasteiger partial charge in [-0.1, -0.05) is 19.4 Å². The lowest BCUT2D eigenvalue weighted by molar-refractivity contribution is -0.0180. The van der Waals surface area contributed by atoms with Crippen LogP contribution in [0.4, 0.5) is 0 Å². The maximum absolute atomic E-state index is 4.11. The zero-order valence-electron chi connectivity index (χ0n) is 12.6. The highest BCUT2D eigenvalue weighted by molar-refractivity contribution is 7.10. The molecule has 20 heavy (non-hydrogen) atoms. The van der Waals surface area contributed by atoms with Crippen molar-refractivity contribution in [3.63, 3.8) is 0 Å². The molecule has 1 N–H and O–H groups in total. The first-order valence-electron chi connectivity index (χ1n) is 8.63. The van der Waals surface area contributed by atoms with Crippen LogP contribution in [0, 0.1) is 23.7 Å². The molecule has 4 aliphatic rings. The minimum absolute atomic E-state index is 0.613. The van der Waals surface area contributed by atoms with Crippen LogP contribution in [-0.2, 0) is 0 Å². The van der Waals surface area contributed by atoms with E-state index in [0.29, 0.717) is 6.04 Å². The smallest absolute Gasteiger partial charge is 0.0416 e. The number of hydrogen-bond acceptors (Lipinski definition) is 2. The maximum atomic E-state index is 4.11. The van der Waals surface area contributed by atoms with Crippen LogP contribution in [0.3, 0.4) is 0 Å². The van der Waals surface area contributed by atoms with E-state index in [1.165, 1.54) is 38.5 Å². The highest BCUT2D eigenvalue weighted by atomic mass is 32.1. The van der Waals surface area contributed by atoms with Gasteiger partial charge in [0.15, 0.2) is 0 Å². The van der Waals surface area contributed by atoms with Crippen LogP contribution in [0.15, 0.2) is 17.5 Å². The van der Waals surface area contributed by atoms with E-state index in [-0.39, 0.29) is 0 Å². The van der Waals surface area contributed by atoms with Gasteiger partial charge in [0.1, 0.15) is 0 Å². The summed E-state index contributed by atoms with van der Waals surface area (Å²) in [6.07, 6.45) is 10.2. The molecule has 4 bridgehead atoms.